The molecule has 0 unspecified atom stereocenters. The molecule has 0 fully saturated rings. The van der Waals surface area contributed by atoms with Gasteiger partial charge in [0.25, 0.3) is 0 Å². The van der Waals surface area contributed by atoms with Crippen LogP contribution in [0.15, 0.2) is 4.52 Å². The Morgan fingerprint density at radius 2 is 2.17 bits per heavy atom. The summed E-state index contributed by atoms with van der Waals surface area (Å²) in [6.45, 7) is 5.66. The van der Waals surface area contributed by atoms with Crippen molar-refractivity contribution in [3.8, 4) is 0 Å². The molecule has 1 aromatic heterocycles. The van der Waals surface area contributed by atoms with E-state index >= 15 is 0 Å². The molecule has 1 aromatic rings. The summed E-state index contributed by atoms with van der Waals surface area (Å²) in [6.07, 6.45) is 0.0447. The van der Waals surface area contributed by atoms with Gasteiger partial charge in [-0.25, -0.2) is 0 Å². The smallest absolute Gasteiger partial charge is 0.229 e. The van der Waals surface area contributed by atoms with Crippen LogP contribution in [0.1, 0.15) is 25.6 Å². The molecular weight excluding hydrogens is 156 g/mol. The first-order chi connectivity index (χ1) is 5.59. The molecule has 0 aliphatic carbocycles. The van der Waals surface area contributed by atoms with Crippen molar-refractivity contribution in [1.29, 1.82) is 0 Å². The maximum absolute atomic E-state index is 9.46. The van der Waals surface area contributed by atoms with Gasteiger partial charge in [-0.2, -0.15) is 4.98 Å². The van der Waals surface area contributed by atoms with Crippen LogP contribution < -0.4 is 0 Å². The van der Waals surface area contributed by atoms with Crippen LogP contribution in [-0.4, -0.2) is 21.4 Å². The number of aryl methyl sites for hydroxylation is 1. The van der Waals surface area contributed by atoms with Gasteiger partial charge in [0.1, 0.15) is 0 Å². The molecule has 0 amide bonds. The third-order valence-corrected chi connectivity index (χ3v) is 1.72. The lowest BCUT2D eigenvalue weighted by Gasteiger charge is -2.10. The SMILES string of the molecule is Cc1noc(C[C@H](O)C(C)C)n1. The van der Waals surface area contributed by atoms with Crippen LogP contribution in [0.5, 0.6) is 0 Å². The van der Waals surface area contributed by atoms with E-state index in [1.807, 2.05) is 13.8 Å². The van der Waals surface area contributed by atoms with E-state index in [1.54, 1.807) is 6.92 Å². The van der Waals surface area contributed by atoms with E-state index in [0.717, 1.165) is 0 Å². The number of hydrogen-bond donors (Lipinski definition) is 1. The minimum atomic E-state index is -0.398. The molecule has 1 heterocycles. The second-order valence-corrected chi connectivity index (χ2v) is 3.25. The molecule has 0 bridgehead atoms. The first-order valence-corrected chi connectivity index (χ1v) is 4.07. The summed E-state index contributed by atoms with van der Waals surface area (Å²) in [6, 6.07) is 0. The summed E-state index contributed by atoms with van der Waals surface area (Å²) < 4.78 is 4.86. The van der Waals surface area contributed by atoms with E-state index in [4.69, 9.17) is 4.52 Å². The fourth-order valence-corrected chi connectivity index (χ4v) is 0.838. The topological polar surface area (TPSA) is 59.2 Å². The van der Waals surface area contributed by atoms with Crippen molar-refractivity contribution in [3.05, 3.63) is 11.7 Å². The quantitative estimate of drug-likeness (QED) is 0.733. The Morgan fingerprint density at radius 1 is 1.50 bits per heavy atom. The summed E-state index contributed by atoms with van der Waals surface area (Å²) in [4.78, 5) is 4.00. The lowest BCUT2D eigenvalue weighted by molar-refractivity contribution is 0.116. The summed E-state index contributed by atoms with van der Waals surface area (Å²) in [7, 11) is 0. The fraction of sp³-hybridized carbons (Fsp3) is 0.750. The Hall–Kier alpha value is -0.900. The normalized spacial score (nSPS) is 13.8. The van der Waals surface area contributed by atoms with Gasteiger partial charge in [0, 0.05) is 0 Å². The van der Waals surface area contributed by atoms with Crippen LogP contribution in [-0.2, 0) is 6.42 Å². The highest BCUT2D eigenvalue weighted by Crippen LogP contribution is 2.07. The first kappa shape index (κ1) is 9.19. The molecule has 0 aliphatic rings. The lowest BCUT2D eigenvalue weighted by atomic mass is 10.0. The molecule has 1 N–H and O–H groups in total. The molecule has 0 saturated heterocycles. The van der Waals surface area contributed by atoms with Crippen molar-refractivity contribution >= 4 is 0 Å². The predicted octanol–water partition coefficient (Wildman–Crippen LogP) is 0.937. The maximum atomic E-state index is 9.46. The van der Waals surface area contributed by atoms with Crippen molar-refractivity contribution < 1.29 is 9.63 Å². The predicted molar refractivity (Wildman–Crippen MR) is 43.6 cm³/mol. The van der Waals surface area contributed by atoms with E-state index in [0.29, 0.717) is 18.1 Å². The van der Waals surface area contributed by atoms with Crippen LogP contribution in [0.4, 0.5) is 0 Å². The highest BCUT2D eigenvalue weighted by atomic mass is 16.5. The van der Waals surface area contributed by atoms with Crippen molar-refractivity contribution in [2.75, 3.05) is 0 Å². The molecule has 0 aromatic carbocycles. The van der Waals surface area contributed by atoms with Crippen LogP contribution in [0, 0.1) is 12.8 Å². The van der Waals surface area contributed by atoms with E-state index in [1.165, 1.54) is 0 Å². The van der Waals surface area contributed by atoms with Gasteiger partial charge in [-0.3, -0.25) is 0 Å². The Labute approximate surface area is 71.6 Å². The van der Waals surface area contributed by atoms with Crippen molar-refractivity contribution in [2.45, 2.75) is 33.3 Å². The molecule has 1 atom stereocenters. The van der Waals surface area contributed by atoms with E-state index < -0.39 is 6.10 Å². The van der Waals surface area contributed by atoms with Crippen LogP contribution in [0.25, 0.3) is 0 Å². The number of aromatic nitrogens is 2. The first-order valence-electron chi connectivity index (χ1n) is 4.07. The average Bonchev–Trinajstić information content (AvgIpc) is 2.35. The van der Waals surface area contributed by atoms with E-state index in [2.05, 4.69) is 10.1 Å². The Kier molecular flexibility index (Phi) is 2.81. The van der Waals surface area contributed by atoms with Crippen molar-refractivity contribution in [2.24, 2.45) is 5.92 Å². The minimum absolute atomic E-state index is 0.220. The second-order valence-electron chi connectivity index (χ2n) is 3.25. The molecule has 4 nitrogen and oxygen atoms in total. The summed E-state index contributed by atoms with van der Waals surface area (Å²) in [5, 5.41) is 13.1. The molecule has 4 heteroatoms. The van der Waals surface area contributed by atoms with Gasteiger partial charge in [0.05, 0.1) is 12.5 Å². The van der Waals surface area contributed by atoms with Crippen molar-refractivity contribution in [1.82, 2.24) is 10.1 Å². The zero-order valence-corrected chi connectivity index (χ0v) is 7.61. The number of aliphatic hydroxyl groups is 1. The molecular formula is C8H14N2O2. The van der Waals surface area contributed by atoms with Crippen molar-refractivity contribution in [3.63, 3.8) is 0 Å². The van der Waals surface area contributed by atoms with E-state index in [-0.39, 0.29) is 5.92 Å². The van der Waals surface area contributed by atoms with Gasteiger partial charge in [-0.1, -0.05) is 19.0 Å². The average molecular weight is 170 g/mol. The van der Waals surface area contributed by atoms with Crippen LogP contribution >= 0.6 is 0 Å². The second kappa shape index (κ2) is 3.67. The number of nitrogens with zero attached hydrogens (tertiary/aromatic N) is 2. The Bertz CT molecular complexity index is 245. The molecule has 68 valence electrons. The summed E-state index contributed by atoms with van der Waals surface area (Å²) >= 11 is 0. The van der Waals surface area contributed by atoms with Gasteiger partial charge in [0.2, 0.25) is 5.89 Å². The van der Waals surface area contributed by atoms with Crippen LogP contribution in [0.2, 0.25) is 0 Å². The van der Waals surface area contributed by atoms with Gasteiger partial charge in [-0.15, -0.1) is 0 Å². The fourth-order valence-electron chi connectivity index (χ4n) is 0.838. The third kappa shape index (κ3) is 2.30. The molecule has 0 saturated carbocycles. The van der Waals surface area contributed by atoms with Gasteiger partial charge in [-0.05, 0) is 12.8 Å². The minimum Gasteiger partial charge on any atom is -0.392 e. The lowest BCUT2D eigenvalue weighted by Crippen LogP contribution is -2.17. The van der Waals surface area contributed by atoms with Crippen LogP contribution in [0.3, 0.4) is 0 Å². The number of hydrogen-bond acceptors (Lipinski definition) is 4. The number of rotatable bonds is 3. The molecule has 0 radical (unpaired) electrons. The molecule has 12 heavy (non-hydrogen) atoms. The van der Waals surface area contributed by atoms with Gasteiger partial charge < -0.3 is 9.63 Å². The monoisotopic (exact) mass is 170 g/mol. The summed E-state index contributed by atoms with van der Waals surface area (Å²) in [5.41, 5.74) is 0. The van der Waals surface area contributed by atoms with Gasteiger partial charge in [0.15, 0.2) is 5.82 Å². The zero-order valence-electron chi connectivity index (χ0n) is 7.61. The maximum Gasteiger partial charge on any atom is 0.229 e. The molecule has 0 spiro atoms. The summed E-state index contributed by atoms with van der Waals surface area (Å²) in [5.74, 6) is 1.34. The highest BCUT2D eigenvalue weighted by Gasteiger charge is 2.13. The highest BCUT2D eigenvalue weighted by molar-refractivity contribution is 4.85. The van der Waals surface area contributed by atoms with E-state index in [9.17, 15) is 5.11 Å². The van der Waals surface area contributed by atoms with Gasteiger partial charge >= 0.3 is 0 Å². The molecule has 1 rings (SSSR count). The largest absolute Gasteiger partial charge is 0.392 e. The number of aliphatic hydroxyl groups excluding tert-OH is 1. The molecule has 0 aliphatic heterocycles. The Balaban J connectivity index is 2.52. The third-order valence-electron chi connectivity index (χ3n) is 1.72. The Morgan fingerprint density at radius 3 is 2.58 bits per heavy atom. The standard InChI is InChI=1S/C8H14N2O2/c1-5(2)7(11)4-8-9-6(3)10-12-8/h5,7,11H,4H2,1-3H3/t7-/m0/s1. The zero-order chi connectivity index (χ0) is 9.14.